The van der Waals surface area contributed by atoms with Gasteiger partial charge in [0, 0.05) is 20.0 Å². The van der Waals surface area contributed by atoms with Crippen LogP contribution in [-0.2, 0) is 27.2 Å². The first kappa shape index (κ1) is 28.7. The Morgan fingerprint density at radius 3 is 2.38 bits per heavy atom. The third kappa shape index (κ3) is 7.88. The number of fused-ring (bicyclic) bond motifs is 1. The molecule has 1 saturated carbocycles. The Morgan fingerprint density at radius 1 is 0.974 bits per heavy atom. The van der Waals surface area contributed by atoms with Crippen LogP contribution in [0.15, 0.2) is 48.5 Å². The van der Waals surface area contributed by atoms with Crippen LogP contribution in [0.3, 0.4) is 0 Å². The zero-order valence-corrected chi connectivity index (χ0v) is 23.1. The van der Waals surface area contributed by atoms with Crippen molar-refractivity contribution in [2.24, 2.45) is 5.92 Å². The SMILES string of the molecule is CC1C(=O)N[C@H](Cc2ccc(F)cc2)C(=O)CCCCc2ccccc2O[C@H](C)CN[C@@H](C2CC2)C(=O)N1C. The van der Waals surface area contributed by atoms with E-state index in [9.17, 15) is 18.8 Å². The lowest BCUT2D eigenvalue weighted by Gasteiger charge is -2.31. The first-order valence-corrected chi connectivity index (χ1v) is 14.0. The zero-order chi connectivity index (χ0) is 27.9. The molecule has 2 aromatic rings. The van der Waals surface area contributed by atoms with Gasteiger partial charge in [-0.15, -0.1) is 0 Å². The topological polar surface area (TPSA) is 87.7 Å². The van der Waals surface area contributed by atoms with E-state index in [0.29, 0.717) is 19.4 Å². The normalized spacial score (nSPS) is 26.2. The van der Waals surface area contributed by atoms with E-state index in [-0.39, 0.29) is 41.9 Å². The Hall–Kier alpha value is -3.26. The summed E-state index contributed by atoms with van der Waals surface area (Å²) in [5.74, 6) is 0.0902. The molecule has 1 heterocycles. The lowest BCUT2D eigenvalue weighted by molar-refractivity contribution is -0.141. The van der Waals surface area contributed by atoms with Crippen LogP contribution in [-0.4, -0.2) is 60.3 Å². The molecule has 0 aromatic heterocycles. The highest BCUT2D eigenvalue weighted by molar-refractivity contribution is 5.93. The second-order valence-corrected chi connectivity index (χ2v) is 10.9. The summed E-state index contributed by atoms with van der Waals surface area (Å²) in [6.07, 6.45) is 4.57. The molecule has 2 aromatic carbocycles. The molecule has 0 radical (unpaired) electrons. The van der Waals surface area contributed by atoms with Crippen LogP contribution >= 0.6 is 0 Å². The van der Waals surface area contributed by atoms with Gasteiger partial charge in [-0.25, -0.2) is 4.39 Å². The number of carbonyl (C=O) groups excluding carboxylic acids is 3. The maximum absolute atomic E-state index is 13.5. The van der Waals surface area contributed by atoms with Crippen LogP contribution in [0.4, 0.5) is 4.39 Å². The Morgan fingerprint density at radius 2 is 1.67 bits per heavy atom. The zero-order valence-electron chi connectivity index (χ0n) is 23.1. The number of nitrogens with zero attached hydrogens (tertiary/aromatic N) is 1. The molecule has 39 heavy (non-hydrogen) atoms. The van der Waals surface area contributed by atoms with Crippen molar-refractivity contribution in [1.29, 1.82) is 0 Å². The number of hydrogen-bond acceptors (Lipinski definition) is 5. The minimum absolute atomic E-state index is 0.0781. The number of hydrogen-bond donors (Lipinski definition) is 2. The number of Topliss-reactive ketones (excluding diaryl/α,β-unsaturated/α-hetero) is 1. The third-order valence-electron chi connectivity index (χ3n) is 7.77. The number of ketones is 1. The molecule has 2 aliphatic rings. The van der Waals surface area contributed by atoms with Crippen molar-refractivity contribution in [3.63, 3.8) is 0 Å². The number of amides is 2. The highest BCUT2D eigenvalue weighted by Gasteiger charge is 2.39. The molecule has 1 aliphatic heterocycles. The van der Waals surface area contributed by atoms with Crippen molar-refractivity contribution in [2.45, 2.75) is 83.0 Å². The van der Waals surface area contributed by atoms with E-state index >= 15 is 0 Å². The molecule has 4 rings (SSSR count). The average molecular weight is 538 g/mol. The van der Waals surface area contributed by atoms with E-state index in [1.54, 1.807) is 26.1 Å². The molecular weight excluding hydrogens is 497 g/mol. The largest absolute Gasteiger partial charge is 0.489 e. The quantitative estimate of drug-likeness (QED) is 0.622. The molecule has 4 atom stereocenters. The standard InChI is InChI=1S/C31H40FN3O4/c1-20-19-33-29(24-14-15-24)31(38)35(3)21(2)30(37)34-26(18-22-12-16-25(32)17-13-22)27(36)10-6-4-8-23-9-5-7-11-28(23)39-20/h5,7,9,11-13,16-17,20-21,24,26,29,33H,4,6,8,10,14-15,18-19H2,1-3H3,(H,34,37)/t20-,21?,26-,29+/m1/s1. The summed E-state index contributed by atoms with van der Waals surface area (Å²) in [6.45, 7) is 4.16. The first-order valence-electron chi connectivity index (χ1n) is 14.0. The summed E-state index contributed by atoms with van der Waals surface area (Å²) in [7, 11) is 1.63. The fraction of sp³-hybridized carbons (Fsp3) is 0.516. The molecule has 7 nitrogen and oxygen atoms in total. The molecule has 0 bridgehead atoms. The van der Waals surface area contributed by atoms with Gasteiger partial charge in [-0.1, -0.05) is 30.3 Å². The Bertz CT molecular complexity index is 1150. The predicted molar refractivity (Wildman–Crippen MR) is 148 cm³/mol. The number of carbonyl (C=O) groups is 3. The number of para-hydroxylation sites is 1. The first-order chi connectivity index (χ1) is 18.7. The van der Waals surface area contributed by atoms with Crippen LogP contribution in [0.2, 0.25) is 0 Å². The molecule has 8 heteroatoms. The summed E-state index contributed by atoms with van der Waals surface area (Å²) in [5, 5.41) is 6.30. The average Bonchev–Trinajstić information content (AvgIpc) is 3.76. The van der Waals surface area contributed by atoms with E-state index in [1.807, 2.05) is 31.2 Å². The summed E-state index contributed by atoms with van der Waals surface area (Å²) >= 11 is 0. The summed E-state index contributed by atoms with van der Waals surface area (Å²) in [6, 6.07) is 12.0. The van der Waals surface area contributed by atoms with Gasteiger partial charge in [-0.3, -0.25) is 14.4 Å². The molecule has 0 saturated heterocycles. The van der Waals surface area contributed by atoms with Gasteiger partial charge < -0.3 is 20.3 Å². The maximum Gasteiger partial charge on any atom is 0.243 e. The van der Waals surface area contributed by atoms with Gasteiger partial charge in [0.15, 0.2) is 5.78 Å². The Labute approximate surface area is 230 Å². The highest BCUT2D eigenvalue weighted by Crippen LogP contribution is 2.33. The van der Waals surface area contributed by atoms with Crippen LogP contribution in [0, 0.1) is 11.7 Å². The summed E-state index contributed by atoms with van der Waals surface area (Å²) in [4.78, 5) is 41.6. The van der Waals surface area contributed by atoms with E-state index in [1.165, 1.54) is 17.0 Å². The summed E-state index contributed by atoms with van der Waals surface area (Å²) < 4.78 is 19.7. The monoisotopic (exact) mass is 537 g/mol. The minimum Gasteiger partial charge on any atom is -0.489 e. The van der Waals surface area contributed by atoms with Crippen LogP contribution < -0.4 is 15.4 Å². The third-order valence-corrected chi connectivity index (χ3v) is 7.77. The molecule has 210 valence electrons. The number of rotatable bonds is 3. The van der Waals surface area contributed by atoms with Gasteiger partial charge >= 0.3 is 0 Å². The van der Waals surface area contributed by atoms with Gasteiger partial charge in [0.05, 0.1) is 12.1 Å². The van der Waals surface area contributed by atoms with Crippen molar-refractivity contribution in [1.82, 2.24) is 15.5 Å². The number of halogens is 1. The predicted octanol–water partition coefficient (Wildman–Crippen LogP) is 3.83. The van der Waals surface area contributed by atoms with Gasteiger partial charge in [0.25, 0.3) is 0 Å². The Balaban J connectivity index is 1.56. The van der Waals surface area contributed by atoms with Crippen molar-refractivity contribution in [2.75, 3.05) is 13.6 Å². The van der Waals surface area contributed by atoms with Gasteiger partial charge in [0.1, 0.15) is 23.7 Å². The lowest BCUT2D eigenvalue weighted by atomic mass is 9.97. The smallest absolute Gasteiger partial charge is 0.243 e. The molecule has 0 spiro atoms. The van der Waals surface area contributed by atoms with Gasteiger partial charge in [-0.2, -0.15) is 0 Å². The molecule has 2 N–H and O–H groups in total. The molecule has 1 aliphatic carbocycles. The molecule has 1 fully saturated rings. The maximum atomic E-state index is 13.5. The van der Waals surface area contributed by atoms with Crippen LogP contribution in [0.5, 0.6) is 5.75 Å². The molecule has 1 unspecified atom stereocenters. The van der Waals surface area contributed by atoms with Crippen LogP contribution in [0.1, 0.15) is 57.1 Å². The summed E-state index contributed by atoms with van der Waals surface area (Å²) in [5.41, 5.74) is 1.84. The minimum atomic E-state index is -0.762. The van der Waals surface area contributed by atoms with Crippen LogP contribution in [0.25, 0.3) is 0 Å². The second-order valence-electron chi connectivity index (χ2n) is 10.9. The number of benzene rings is 2. The Kier molecular flexibility index (Phi) is 9.73. The van der Waals surface area contributed by atoms with Crippen molar-refractivity contribution >= 4 is 17.6 Å². The van der Waals surface area contributed by atoms with Crippen molar-refractivity contribution in [3.05, 3.63) is 65.5 Å². The van der Waals surface area contributed by atoms with E-state index in [0.717, 1.165) is 42.6 Å². The second kappa shape index (κ2) is 13.2. The van der Waals surface area contributed by atoms with Crippen molar-refractivity contribution in [3.8, 4) is 5.75 Å². The van der Waals surface area contributed by atoms with E-state index in [2.05, 4.69) is 10.6 Å². The number of likely N-dealkylation sites (N-methyl/N-ethyl adjacent to an activating group) is 1. The van der Waals surface area contributed by atoms with Gasteiger partial charge in [0.2, 0.25) is 11.8 Å². The van der Waals surface area contributed by atoms with Crippen molar-refractivity contribution < 1.29 is 23.5 Å². The van der Waals surface area contributed by atoms with E-state index in [4.69, 9.17) is 4.74 Å². The number of aryl methyl sites for hydroxylation is 1. The molecule has 2 amide bonds. The van der Waals surface area contributed by atoms with E-state index < -0.39 is 18.1 Å². The molecular formula is C31H40FN3O4. The number of nitrogens with one attached hydrogen (secondary N) is 2. The highest BCUT2D eigenvalue weighted by atomic mass is 19.1. The fourth-order valence-electron chi connectivity index (χ4n) is 5.03. The van der Waals surface area contributed by atoms with Gasteiger partial charge in [-0.05, 0) is 87.6 Å². The number of ether oxygens (including phenoxy) is 1. The fourth-order valence-corrected chi connectivity index (χ4v) is 5.03. The lowest BCUT2D eigenvalue weighted by Crippen LogP contribution is -2.56.